The highest BCUT2D eigenvalue weighted by Gasteiger charge is 2.08. The summed E-state index contributed by atoms with van der Waals surface area (Å²) < 4.78 is 5.38. The Morgan fingerprint density at radius 2 is 2.22 bits per heavy atom. The zero-order valence-corrected chi connectivity index (χ0v) is 11.2. The standard InChI is InChI=1S/C13H22N2O3/c1-9(5-4-6-16)15-13(17)14-8-12-7-10(2)18-11(12)3/h7,9,16H,4-6,8H2,1-3H3,(H2,14,15,17). The Morgan fingerprint density at radius 1 is 1.50 bits per heavy atom. The van der Waals surface area contributed by atoms with Crippen molar-refractivity contribution < 1.29 is 14.3 Å². The van der Waals surface area contributed by atoms with E-state index >= 15 is 0 Å². The molecule has 5 nitrogen and oxygen atoms in total. The van der Waals surface area contributed by atoms with Crippen molar-refractivity contribution in [3.63, 3.8) is 0 Å². The molecule has 1 rings (SSSR count). The highest BCUT2D eigenvalue weighted by atomic mass is 16.3. The first-order chi connectivity index (χ1) is 8.52. The first-order valence-electron chi connectivity index (χ1n) is 6.24. The lowest BCUT2D eigenvalue weighted by Crippen LogP contribution is -2.40. The molecule has 0 aliphatic rings. The van der Waals surface area contributed by atoms with Crippen LogP contribution in [0.1, 0.15) is 36.8 Å². The minimum atomic E-state index is -0.196. The SMILES string of the molecule is Cc1cc(CNC(=O)NC(C)CCCO)c(C)o1. The van der Waals surface area contributed by atoms with Crippen LogP contribution in [0, 0.1) is 13.8 Å². The second-order valence-corrected chi connectivity index (χ2v) is 4.53. The summed E-state index contributed by atoms with van der Waals surface area (Å²) in [6.07, 6.45) is 1.47. The lowest BCUT2D eigenvalue weighted by molar-refractivity contribution is 0.234. The molecule has 1 aromatic heterocycles. The van der Waals surface area contributed by atoms with Crippen molar-refractivity contribution >= 4 is 6.03 Å². The summed E-state index contributed by atoms with van der Waals surface area (Å²) in [6, 6.07) is 1.79. The summed E-state index contributed by atoms with van der Waals surface area (Å²) in [5.74, 6) is 1.68. The molecule has 5 heteroatoms. The van der Waals surface area contributed by atoms with Crippen LogP contribution in [-0.2, 0) is 6.54 Å². The van der Waals surface area contributed by atoms with Gasteiger partial charge in [-0.1, -0.05) is 0 Å². The number of hydrogen-bond donors (Lipinski definition) is 3. The molecule has 1 atom stereocenters. The van der Waals surface area contributed by atoms with Gasteiger partial charge < -0.3 is 20.2 Å². The number of hydrogen-bond acceptors (Lipinski definition) is 3. The topological polar surface area (TPSA) is 74.5 Å². The van der Waals surface area contributed by atoms with Gasteiger partial charge in [0, 0.05) is 24.8 Å². The third-order valence-electron chi connectivity index (χ3n) is 2.76. The van der Waals surface area contributed by atoms with Gasteiger partial charge in [0.05, 0.1) is 0 Å². The fraction of sp³-hybridized carbons (Fsp3) is 0.615. The normalized spacial score (nSPS) is 12.2. The molecule has 1 unspecified atom stereocenters. The number of aryl methyl sites for hydroxylation is 2. The van der Waals surface area contributed by atoms with Crippen LogP contribution in [0.3, 0.4) is 0 Å². The Kier molecular flexibility index (Phi) is 5.71. The summed E-state index contributed by atoms with van der Waals surface area (Å²) in [7, 11) is 0. The molecular formula is C13H22N2O3. The number of nitrogens with one attached hydrogen (secondary N) is 2. The number of carbonyl (C=O) groups is 1. The number of aliphatic hydroxyl groups is 1. The quantitative estimate of drug-likeness (QED) is 0.725. The molecule has 3 N–H and O–H groups in total. The van der Waals surface area contributed by atoms with E-state index in [0.717, 1.165) is 23.5 Å². The molecule has 18 heavy (non-hydrogen) atoms. The summed E-state index contributed by atoms with van der Waals surface area (Å²) in [5.41, 5.74) is 0.991. The van der Waals surface area contributed by atoms with Gasteiger partial charge >= 0.3 is 6.03 Å². The van der Waals surface area contributed by atoms with Gasteiger partial charge in [-0.15, -0.1) is 0 Å². The maximum absolute atomic E-state index is 11.6. The van der Waals surface area contributed by atoms with E-state index in [9.17, 15) is 4.79 Å². The molecular weight excluding hydrogens is 232 g/mol. The monoisotopic (exact) mass is 254 g/mol. The summed E-state index contributed by atoms with van der Waals surface area (Å²) in [6.45, 7) is 6.30. The second-order valence-electron chi connectivity index (χ2n) is 4.53. The average Bonchev–Trinajstić information content (AvgIpc) is 2.62. The molecule has 1 heterocycles. The Balaban J connectivity index is 2.30. The lowest BCUT2D eigenvalue weighted by Gasteiger charge is -2.13. The molecule has 0 radical (unpaired) electrons. The van der Waals surface area contributed by atoms with Crippen LogP contribution in [0.25, 0.3) is 0 Å². The number of furan rings is 1. The van der Waals surface area contributed by atoms with Gasteiger partial charge in [-0.05, 0) is 39.7 Å². The van der Waals surface area contributed by atoms with E-state index in [0.29, 0.717) is 13.0 Å². The zero-order chi connectivity index (χ0) is 13.5. The molecule has 1 aromatic rings. The van der Waals surface area contributed by atoms with Gasteiger partial charge in [0.25, 0.3) is 0 Å². The van der Waals surface area contributed by atoms with E-state index in [-0.39, 0.29) is 18.7 Å². The van der Waals surface area contributed by atoms with Crippen LogP contribution < -0.4 is 10.6 Å². The van der Waals surface area contributed by atoms with Crippen LogP contribution in [-0.4, -0.2) is 23.8 Å². The molecule has 0 saturated carbocycles. The molecule has 2 amide bonds. The fourth-order valence-electron chi connectivity index (χ4n) is 1.78. The van der Waals surface area contributed by atoms with Gasteiger partial charge in [0.2, 0.25) is 0 Å². The highest BCUT2D eigenvalue weighted by molar-refractivity contribution is 5.74. The van der Waals surface area contributed by atoms with E-state index in [1.165, 1.54) is 0 Å². The minimum absolute atomic E-state index is 0.0596. The molecule has 0 spiro atoms. The Morgan fingerprint density at radius 3 is 2.78 bits per heavy atom. The Hall–Kier alpha value is -1.49. The molecule has 0 aromatic carbocycles. The predicted molar refractivity (Wildman–Crippen MR) is 69.3 cm³/mol. The third kappa shape index (κ3) is 4.79. The van der Waals surface area contributed by atoms with E-state index < -0.39 is 0 Å². The van der Waals surface area contributed by atoms with Crippen molar-refractivity contribution in [3.05, 3.63) is 23.2 Å². The van der Waals surface area contributed by atoms with Crippen LogP contribution in [0.15, 0.2) is 10.5 Å². The van der Waals surface area contributed by atoms with E-state index in [1.807, 2.05) is 26.8 Å². The smallest absolute Gasteiger partial charge is 0.315 e. The number of aliphatic hydroxyl groups excluding tert-OH is 1. The van der Waals surface area contributed by atoms with Crippen molar-refractivity contribution in [1.29, 1.82) is 0 Å². The number of carbonyl (C=O) groups excluding carboxylic acids is 1. The van der Waals surface area contributed by atoms with Crippen LogP contribution in [0.4, 0.5) is 4.79 Å². The van der Waals surface area contributed by atoms with E-state index in [2.05, 4.69) is 10.6 Å². The van der Waals surface area contributed by atoms with Crippen LogP contribution >= 0.6 is 0 Å². The number of urea groups is 1. The van der Waals surface area contributed by atoms with Gasteiger partial charge in [-0.3, -0.25) is 0 Å². The molecule has 0 bridgehead atoms. The largest absolute Gasteiger partial charge is 0.466 e. The Labute approximate surface area is 108 Å². The molecule has 0 aliphatic heterocycles. The molecule has 0 fully saturated rings. The third-order valence-corrected chi connectivity index (χ3v) is 2.76. The van der Waals surface area contributed by atoms with Crippen LogP contribution in [0.2, 0.25) is 0 Å². The maximum Gasteiger partial charge on any atom is 0.315 e. The molecule has 102 valence electrons. The van der Waals surface area contributed by atoms with Gasteiger partial charge in [-0.25, -0.2) is 4.79 Å². The minimum Gasteiger partial charge on any atom is -0.466 e. The first kappa shape index (κ1) is 14.6. The molecule has 0 aliphatic carbocycles. The van der Waals surface area contributed by atoms with E-state index in [4.69, 9.17) is 9.52 Å². The average molecular weight is 254 g/mol. The van der Waals surface area contributed by atoms with Crippen molar-refractivity contribution in [2.75, 3.05) is 6.61 Å². The first-order valence-corrected chi connectivity index (χ1v) is 6.24. The lowest BCUT2D eigenvalue weighted by atomic mass is 10.2. The van der Waals surface area contributed by atoms with Crippen LogP contribution in [0.5, 0.6) is 0 Å². The number of amides is 2. The highest BCUT2D eigenvalue weighted by Crippen LogP contribution is 2.12. The van der Waals surface area contributed by atoms with Gasteiger partial charge in [-0.2, -0.15) is 0 Å². The van der Waals surface area contributed by atoms with Gasteiger partial charge in [0.15, 0.2) is 0 Å². The molecule has 0 saturated heterocycles. The maximum atomic E-state index is 11.6. The predicted octanol–water partition coefficient (Wildman–Crippen LogP) is 1.86. The van der Waals surface area contributed by atoms with Crippen molar-refractivity contribution in [2.24, 2.45) is 0 Å². The van der Waals surface area contributed by atoms with Crippen molar-refractivity contribution in [3.8, 4) is 0 Å². The number of rotatable bonds is 6. The van der Waals surface area contributed by atoms with Crippen molar-refractivity contribution in [1.82, 2.24) is 10.6 Å². The van der Waals surface area contributed by atoms with Gasteiger partial charge in [0.1, 0.15) is 11.5 Å². The second kappa shape index (κ2) is 7.06. The zero-order valence-electron chi connectivity index (χ0n) is 11.2. The Bertz CT molecular complexity index is 388. The fourth-order valence-corrected chi connectivity index (χ4v) is 1.78. The summed E-state index contributed by atoms with van der Waals surface area (Å²) in [5, 5.41) is 14.3. The summed E-state index contributed by atoms with van der Waals surface area (Å²) >= 11 is 0. The summed E-state index contributed by atoms with van der Waals surface area (Å²) in [4.78, 5) is 11.6. The van der Waals surface area contributed by atoms with E-state index in [1.54, 1.807) is 0 Å². The van der Waals surface area contributed by atoms with Crippen molar-refractivity contribution in [2.45, 2.75) is 46.2 Å².